The predicted octanol–water partition coefficient (Wildman–Crippen LogP) is 7.96. The summed E-state index contributed by atoms with van der Waals surface area (Å²) in [4.78, 5) is 53.0. The molecule has 0 radical (unpaired) electrons. The maximum Gasteiger partial charge on any atom is 0.291 e. The van der Waals surface area contributed by atoms with Gasteiger partial charge in [0.25, 0.3) is 11.8 Å². The molecule has 0 saturated heterocycles. The van der Waals surface area contributed by atoms with Crippen molar-refractivity contribution in [1.82, 2.24) is 24.3 Å². The number of carbonyl (C=O) groups excluding carboxylic acids is 3. The van der Waals surface area contributed by atoms with Crippen LogP contribution in [0.3, 0.4) is 0 Å². The average molecular weight is 769 g/mol. The number of rotatable bonds is 10. The van der Waals surface area contributed by atoms with Crippen LogP contribution in [0.25, 0.3) is 11.1 Å². The van der Waals surface area contributed by atoms with E-state index in [0.29, 0.717) is 62.1 Å². The molecule has 4 heterocycles. The Bertz CT molecular complexity index is 2140. The van der Waals surface area contributed by atoms with Crippen molar-refractivity contribution in [3.63, 3.8) is 0 Å². The highest BCUT2D eigenvalue weighted by Gasteiger charge is 2.53. The first-order valence-electron chi connectivity index (χ1n) is 19.1. The first kappa shape index (κ1) is 36.9. The highest BCUT2D eigenvalue weighted by molar-refractivity contribution is 6.40. The molecule has 2 saturated carbocycles. The number of hydrogen-bond acceptors (Lipinski definition) is 7. The van der Waals surface area contributed by atoms with Crippen LogP contribution in [-0.4, -0.2) is 68.1 Å². The second-order valence-corrected chi connectivity index (χ2v) is 17.0. The third-order valence-corrected chi connectivity index (χ3v) is 13.5. The highest BCUT2D eigenvalue weighted by Crippen LogP contribution is 2.62. The van der Waals surface area contributed by atoms with E-state index in [2.05, 4.69) is 39.3 Å². The van der Waals surface area contributed by atoms with E-state index in [0.717, 1.165) is 100 Å². The Labute approximate surface area is 326 Å². The van der Waals surface area contributed by atoms with Gasteiger partial charge >= 0.3 is 0 Å². The molecule has 2 aliphatic heterocycles. The normalized spacial score (nSPS) is 22.3. The first-order chi connectivity index (χ1) is 26.0. The summed E-state index contributed by atoms with van der Waals surface area (Å²) in [7, 11) is 1.89. The summed E-state index contributed by atoms with van der Waals surface area (Å²) in [6.45, 7) is 8.73. The number of imidazole rings is 1. The number of nitrogens with zero attached hydrogens (tertiary/aromatic N) is 5. The van der Waals surface area contributed by atoms with E-state index in [1.165, 1.54) is 6.29 Å². The van der Waals surface area contributed by atoms with Crippen molar-refractivity contribution in [2.75, 3.05) is 30.3 Å². The molecule has 2 aromatic heterocycles. The highest BCUT2D eigenvalue weighted by atomic mass is 35.5. The van der Waals surface area contributed by atoms with Crippen molar-refractivity contribution in [3.05, 3.63) is 92.7 Å². The topological polar surface area (TPSA) is 112 Å². The monoisotopic (exact) mass is 767 g/mol. The van der Waals surface area contributed by atoms with Gasteiger partial charge in [0, 0.05) is 74.1 Å². The second kappa shape index (κ2) is 14.5. The molecule has 0 unspecified atom stereocenters. The fraction of sp³-hybridized carbons (Fsp3) is 0.452. The van der Waals surface area contributed by atoms with Crippen molar-refractivity contribution in [2.24, 2.45) is 17.9 Å². The Morgan fingerprint density at radius 3 is 2.24 bits per heavy atom. The first-order valence-corrected chi connectivity index (χ1v) is 19.9. The Kier molecular flexibility index (Phi) is 9.92. The van der Waals surface area contributed by atoms with Crippen LogP contribution in [0.15, 0.2) is 48.7 Å². The Morgan fingerprint density at radius 1 is 0.907 bits per heavy atom. The van der Waals surface area contributed by atoms with Crippen molar-refractivity contribution in [3.8, 4) is 11.1 Å². The van der Waals surface area contributed by atoms with Gasteiger partial charge in [0.1, 0.15) is 12.0 Å². The van der Waals surface area contributed by atoms with Crippen LogP contribution in [0.1, 0.15) is 96.0 Å². The van der Waals surface area contributed by atoms with Gasteiger partial charge in [0.15, 0.2) is 5.82 Å². The number of aromatic nitrogens is 3. The Balaban J connectivity index is 0.939. The number of carbonyl (C=O) groups is 3. The lowest BCUT2D eigenvalue weighted by Gasteiger charge is -2.32. The SMILES string of the molecule is CC(C)N1CCc2cc(C(=O)Nc3cccc(-c4cccc(NC(=O)c5nc6c(n5C)CCN(CCC57CCC(C=O)(CC5)C7)C6)c4Cl)c3Cl)ncc2C1. The maximum absolute atomic E-state index is 13.7. The minimum absolute atomic E-state index is 0.0636. The van der Waals surface area contributed by atoms with Crippen LogP contribution < -0.4 is 10.6 Å². The lowest BCUT2D eigenvalue weighted by Crippen LogP contribution is -2.36. The van der Waals surface area contributed by atoms with Gasteiger partial charge in [0.05, 0.1) is 27.1 Å². The Hall–Kier alpha value is -4.09. The molecule has 2 aliphatic carbocycles. The summed E-state index contributed by atoms with van der Waals surface area (Å²) in [5.74, 6) is -0.357. The smallest absolute Gasteiger partial charge is 0.291 e. The molecule has 2 bridgehead atoms. The van der Waals surface area contributed by atoms with Crippen LogP contribution in [0.5, 0.6) is 0 Å². The van der Waals surface area contributed by atoms with E-state index in [1.807, 2.05) is 35.9 Å². The van der Waals surface area contributed by atoms with Crippen molar-refractivity contribution in [2.45, 2.75) is 84.3 Å². The molecule has 8 rings (SSSR count). The fourth-order valence-corrected chi connectivity index (χ4v) is 9.86. The van der Waals surface area contributed by atoms with Crippen molar-refractivity contribution < 1.29 is 14.4 Å². The van der Waals surface area contributed by atoms with Crippen LogP contribution in [0, 0.1) is 10.8 Å². The molecular formula is C42H47Cl2N7O3. The Morgan fingerprint density at radius 2 is 1.59 bits per heavy atom. The standard InChI is InChI=1S/C42H47Cl2N7O3/c1-26(2)51-18-10-27-20-33(45-21-28(27)22-51)39(53)47-31-8-4-6-29(36(31)43)30-7-5-9-32(37(30)44)48-40(54)38-46-34-23-50(17-11-35(34)49(38)3)19-16-41-12-14-42(24-41,25-52)15-13-41/h4-9,20-21,25-26H,10-19,22-24H2,1-3H3,(H,47,53)(H,48,54). The number of nitrogens with one attached hydrogen (secondary N) is 2. The minimum atomic E-state index is -0.347. The molecule has 2 amide bonds. The number of aldehydes is 1. The number of pyridine rings is 1. The van der Waals surface area contributed by atoms with E-state index in [9.17, 15) is 14.4 Å². The van der Waals surface area contributed by atoms with E-state index in [-0.39, 0.29) is 17.2 Å². The molecule has 54 heavy (non-hydrogen) atoms. The van der Waals surface area contributed by atoms with Gasteiger partial charge in [-0.25, -0.2) is 4.98 Å². The third-order valence-electron chi connectivity index (χ3n) is 12.7. The van der Waals surface area contributed by atoms with Gasteiger partial charge in [-0.15, -0.1) is 0 Å². The van der Waals surface area contributed by atoms with Gasteiger partial charge in [-0.3, -0.25) is 24.4 Å². The molecule has 4 aromatic rings. The number of halogens is 2. The number of amides is 2. The van der Waals surface area contributed by atoms with Crippen molar-refractivity contribution in [1.29, 1.82) is 0 Å². The fourth-order valence-electron chi connectivity index (χ4n) is 9.31. The van der Waals surface area contributed by atoms with Gasteiger partial charge in [-0.2, -0.15) is 0 Å². The predicted molar refractivity (Wildman–Crippen MR) is 212 cm³/mol. The van der Waals surface area contributed by atoms with E-state index < -0.39 is 0 Å². The summed E-state index contributed by atoms with van der Waals surface area (Å²) in [5.41, 5.74) is 6.96. The molecule has 0 atom stereocenters. The van der Waals surface area contributed by atoms with Crippen molar-refractivity contribution >= 4 is 52.7 Å². The molecule has 282 valence electrons. The summed E-state index contributed by atoms with van der Waals surface area (Å²) >= 11 is 13.9. The molecule has 2 fully saturated rings. The molecule has 12 heteroatoms. The average Bonchev–Trinajstić information content (AvgIpc) is 3.85. The summed E-state index contributed by atoms with van der Waals surface area (Å²) in [5, 5.41) is 6.58. The molecule has 0 spiro atoms. The lowest BCUT2D eigenvalue weighted by atomic mass is 9.80. The zero-order chi connectivity index (χ0) is 37.8. The van der Waals surface area contributed by atoms with Crippen LogP contribution >= 0.6 is 23.2 Å². The number of fused-ring (bicyclic) bond motifs is 4. The quantitative estimate of drug-likeness (QED) is 0.158. The molecule has 4 aliphatic rings. The summed E-state index contributed by atoms with van der Waals surface area (Å²) < 4.78 is 1.89. The number of anilines is 2. The summed E-state index contributed by atoms with van der Waals surface area (Å²) in [6.07, 6.45) is 11.2. The molecule has 10 nitrogen and oxygen atoms in total. The van der Waals surface area contributed by atoms with Gasteiger partial charge < -0.3 is 20.0 Å². The molecule has 2 aromatic carbocycles. The van der Waals surface area contributed by atoms with E-state index >= 15 is 0 Å². The van der Waals surface area contributed by atoms with Gasteiger partial charge in [0.2, 0.25) is 0 Å². The zero-order valence-electron chi connectivity index (χ0n) is 31.2. The minimum Gasteiger partial charge on any atom is -0.327 e. The van der Waals surface area contributed by atoms with Gasteiger partial charge in [-0.1, -0.05) is 47.5 Å². The number of hydrogen-bond donors (Lipinski definition) is 2. The van der Waals surface area contributed by atoms with Crippen LogP contribution in [0.4, 0.5) is 11.4 Å². The van der Waals surface area contributed by atoms with E-state index in [4.69, 9.17) is 28.2 Å². The van der Waals surface area contributed by atoms with Crippen LogP contribution in [0.2, 0.25) is 10.0 Å². The lowest BCUT2D eigenvalue weighted by molar-refractivity contribution is -0.115. The molecular weight excluding hydrogens is 721 g/mol. The van der Waals surface area contributed by atoms with E-state index in [1.54, 1.807) is 24.4 Å². The zero-order valence-corrected chi connectivity index (χ0v) is 32.7. The number of benzene rings is 2. The molecule has 2 N–H and O–H groups in total. The maximum atomic E-state index is 13.7. The van der Waals surface area contributed by atoms with Crippen LogP contribution in [-0.2, 0) is 37.8 Å². The summed E-state index contributed by atoms with van der Waals surface area (Å²) in [6, 6.07) is 13.1. The second-order valence-electron chi connectivity index (χ2n) is 16.2. The largest absolute Gasteiger partial charge is 0.327 e. The van der Waals surface area contributed by atoms with Gasteiger partial charge in [-0.05, 0) is 100 Å². The third kappa shape index (κ3) is 6.87.